The van der Waals surface area contributed by atoms with Gasteiger partial charge in [0.25, 0.3) is 0 Å². The molecule has 3 heteroatoms. The second kappa shape index (κ2) is 6.71. The van der Waals surface area contributed by atoms with E-state index in [4.69, 9.17) is 0 Å². The van der Waals surface area contributed by atoms with Gasteiger partial charge < -0.3 is 5.11 Å². The van der Waals surface area contributed by atoms with Crippen LogP contribution in [0.2, 0.25) is 0 Å². The van der Waals surface area contributed by atoms with Crippen molar-refractivity contribution in [3.63, 3.8) is 0 Å². The number of likely N-dealkylation sites (tertiary alicyclic amines) is 1. The molecule has 1 fully saturated rings. The second-order valence-electron chi connectivity index (χ2n) is 5.33. The number of carboxylic acid groups (broad SMARTS) is 1. The van der Waals surface area contributed by atoms with Crippen molar-refractivity contribution in [3.8, 4) is 0 Å². The van der Waals surface area contributed by atoms with Gasteiger partial charge >= 0.3 is 5.97 Å². The van der Waals surface area contributed by atoms with E-state index in [9.17, 15) is 9.90 Å². The van der Waals surface area contributed by atoms with Crippen LogP contribution >= 0.6 is 0 Å². The van der Waals surface area contributed by atoms with E-state index < -0.39 is 12.0 Å². The Morgan fingerprint density at radius 3 is 2.37 bits per heavy atom. The van der Waals surface area contributed by atoms with E-state index in [0.29, 0.717) is 0 Å². The lowest BCUT2D eigenvalue weighted by molar-refractivity contribution is -0.144. The van der Waals surface area contributed by atoms with E-state index in [1.807, 2.05) is 12.1 Å². The molecule has 1 aromatic rings. The quantitative estimate of drug-likeness (QED) is 0.884. The molecule has 1 saturated heterocycles. The Kier molecular flexibility index (Phi) is 4.97. The molecule has 3 nitrogen and oxygen atoms in total. The number of nitrogens with zero attached hydrogens (tertiary/aromatic N) is 1. The fraction of sp³-hybridized carbons (Fsp3) is 0.562. The average molecular weight is 261 g/mol. The summed E-state index contributed by atoms with van der Waals surface area (Å²) in [6.07, 6.45) is 5.61. The van der Waals surface area contributed by atoms with Crippen molar-refractivity contribution in [2.75, 3.05) is 13.1 Å². The first-order chi connectivity index (χ1) is 9.22. The van der Waals surface area contributed by atoms with Gasteiger partial charge in [0, 0.05) is 0 Å². The van der Waals surface area contributed by atoms with Crippen LogP contribution in [0.1, 0.15) is 49.8 Å². The molecule has 0 amide bonds. The van der Waals surface area contributed by atoms with Crippen LogP contribution in [-0.2, 0) is 11.2 Å². The number of rotatable bonds is 5. The van der Waals surface area contributed by atoms with Gasteiger partial charge in [0.1, 0.15) is 6.04 Å². The minimum absolute atomic E-state index is 0.476. The Hall–Kier alpha value is -1.35. The van der Waals surface area contributed by atoms with E-state index in [1.165, 1.54) is 12.0 Å². The molecule has 0 bridgehead atoms. The van der Waals surface area contributed by atoms with Crippen molar-refractivity contribution >= 4 is 5.97 Å². The second-order valence-corrected chi connectivity index (χ2v) is 5.33. The molecule has 104 valence electrons. The maximum atomic E-state index is 11.6. The van der Waals surface area contributed by atoms with Gasteiger partial charge in [0.15, 0.2) is 0 Å². The third-order valence-electron chi connectivity index (χ3n) is 3.82. The minimum atomic E-state index is -0.731. The van der Waals surface area contributed by atoms with Crippen molar-refractivity contribution in [3.05, 3.63) is 35.4 Å². The minimum Gasteiger partial charge on any atom is -0.480 e. The zero-order valence-corrected chi connectivity index (χ0v) is 11.6. The molecule has 1 atom stereocenters. The van der Waals surface area contributed by atoms with Gasteiger partial charge in [-0.25, -0.2) is 0 Å². The summed E-state index contributed by atoms with van der Waals surface area (Å²) < 4.78 is 0. The third-order valence-corrected chi connectivity index (χ3v) is 3.82. The van der Waals surface area contributed by atoms with Gasteiger partial charge in [-0.1, -0.05) is 44.0 Å². The molecule has 0 aromatic heterocycles. The van der Waals surface area contributed by atoms with Gasteiger partial charge in [0.2, 0.25) is 0 Å². The van der Waals surface area contributed by atoms with Crippen molar-refractivity contribution in [1.29, 1.82) is 0 Å². The summed E-state index contributed by atoms with van der Waals surface area (Å²) in [4.78, 5) is 13.7. The van der Waals surface area contributed by atoms with E-state index in [2.05, 4.69) is 24.0 Å². The van der Waals surface area contributed by atoms with Crippen molar-refractivity contribution in [2.45, 2.75) is 45.1 Å². The first-order valence-electron chi connectivity index (χ1n) is 7.28. The molecular formula is C16H23NO2. The SMILES string of the molecule is CCCc1ccc(C(C(=O)O)N2CCCCC2)cc1. The molecule has 1 aliphatic heterocycles. The Morgan fingerprint density at radius 1 is 1.21 bits per heavy atom. The maximum absolute atomic E-state index is 11.6. The Labute approximate surface area is 115 Å². The summed E-state index contributed by atoms with van der Waals surface area (Å²) >= 11 is 0. The lowest BCUT2D eigenvalue weighted by Crippen LogP contribution is -2.37. The van der Waals surface area contributed by atoms with E-state index in [1.54, 1.807) is 0 Å². The standard InChI is InChI=1S/C16H23NO2/c1-2-6-13-7-9-14(10-8-13)15(16(18)19)17-11-4-3-5-12-17/h7-10,15H,2-6,11-12H2,1H3,(H,18,19). The molecule has 2 rings (SSSR count). The van der Waals surface area contributed by atoms with Gasteiger partial charge in [-0.2, -0.15) is 0 Å². The zero-order valence-electron chi connectivity index (χ0n) is 11.6. The fourth-order valence-corrected chi connectivity index (χ4v) is 2.84. The molecule has 0 aliphatic carbocycles. The summed E-state index contributed by atoms with van der Waals surface area (Å²) in [5.74, 6) is -0.731. The van der Waals surface area contributed by atoms with Crippen molar-refractivity contribution in [1.82, 2.24) is 4.90 Å². The highest BCUT2D eigenvalue weighted by Gasteiger charge is 2.28. The van der Waals surface area contributed by atoms with Crippen LogP contribution in [0.15, 0.2) is 24.3 Å². The van der Waals surface area contributed by atoms with Gasteiger partial charge in [-0.3, -0.25) is 9.69 Å². The van der Waals surface area contributed by atoms with E-state index in [-0.39, 0.29) is 0 Å². The first-order valence-corrected chi connectivity index (χ1v) is 7.28. The number of hydrogen-bond acceptors (Lipinski definition) is 2. The van der Waals surface area contributed by atoms with Crippen LogP contribution in [0.25, 0.3) is 0 Å². The smallest absolute Gasteiger partial charge is 0.325 e. The molecule has 19 heavy (non-hydrogen) atoms. The highest BCUT2D eigenvalue weighted by atomic mass is 16.4. The highest BCUT2D eigenvalue weighted by Crippen LogP contribution is 2.25. The topological polar surface area (TPSA) is 40.5 Å². The summed E-state index contributed by atoms with van der Waals surface area (Å²) in [6, 6.07) is 7.63. The largest absolute Gasteiger partial charge is 0.480 e. The van der Waals surface area contributed by atoms with Crippen LogP contribution in [0.4, 0.5) is 0 Å². The van der Waals surface area contributed by atoms with Crippen LogP contribution < -0.4 is 0 Å². The number of carbonyl (C=O) groups is 1. The van der Waals surface area contributed by atoms with Crippen LogP contribution in [0, 0.1) is 0 Å². The first kappa shape index (κ1) is 14.1. The molecule has 1 aliphatic rings. The molecule has 0 spiro atoms. The van der Waals surface area contributed by atoms with Gasteiger partial charge in [0.05, 0.1) is 0 Å². The normalized spacial score (nSPS) is 18.2. The number of aliphatic carboxylic acids is 1. The van der Waals surface area contributed by atoms with Gasteiger partial charge in [-0.05, 0) is 43.5 Å². The Bertz CT molecular complexity index is 407. The number of benzene rings is 1. The monoisotopic (exact) mass is 261 g/mol. The molecule has 1 heterocycles. The van der Waals surface area contributed by atoms with Gasteiger partial charge in [-0.15, -0.1) is 0 Å². The Balaban J connectivity index is 2.15. The number of piperidine rings is 1. The molecule has 1 aromatic carbocycles. The highest BCUT2D eigenvalue weighted by molar-refractivity contribution is 5.75. The fourth-order valence-electron chi connectivity index (χ4n) is 2.84. The third kappa shape index (κ3) is 3.57. The molecule has 1 unspecified atom stereocenters. The van der Waals surface area contributed by atoms with Crippen molar-refractivity contribution in [2.24, 2.45) is 0 Å². The van der Waals surface area contributed by atoms with Crippen LogP contribution in [0.5, 0.6) is 0 Å². The predicted octanol–water partition coefficient (Wildman–Crippen LogP) is 3.25. The predicted molar refractivity (Wildman–Crippen MR) is 76.2 cm³/mol. The molecule has 0 saturated carbocycles. The molecular weight excluding hydrogens is 238 g/mol. The van der Waals surface area contributed by atoms with E-state index >= 15 is 0 Å². The number of carboxylic acids is 1. The summed E-state index contributed by atoms with van der Waals surface area (Å²) in [6.45, 7) is 3.95. The average Bonchev–Trinajstić information content (AvgIpc) is 2.42. The van der Waals surface area contributed by atoms with Crippen LogP contribution in [-0.4, -0.2) is 29.1 Å². The summed E-state index contributed by atoms with van der Waals surface area (Å²) in [7, 11) is 0. The number of aryl methyl sites for hydroxylation is 1. The molecule has 1 N–H and O–H groups in total. The zero-order chi connectivity index (χ0) is 13.7. The van der Waals surface area contributed by atoms with Crippen molar-refractivity contribution < 1.29 is 9.90 Å². The number of hydrogen-bond donors (Lipinski definition) is 1. The summed E-state index contributed by atoms with van der Waals surface area (Å²) in [5, 5.41) is 9.51. The molecule has 0 radical (unpaired) electrons. The van der Waals surface area contributed by atoms with E-state index in [0.717, 1.165) is 44.3 Å². The maximum Gasteiger partial charge on any atom is 0.325 e. The lowest BCUT2D eigenvalue weighted by Gasteiger charge is -2.32. The lowest BCUT2D eigenvalue weighted by atomic mass is 9.99. The van der Waals surface area contributed by atoms with Crippen LogP contribution in [0.3, 0.4) is 0 Å². The summed E-state index contributed by atoms with van der Waals surface area (Å²) in [5.41, 5.74) is 2.20. The Morgan fingerprint density at radius 2 is 1.84 bits per heavy atom.